The van der Waals surface area contributed by atoms with Gasteiger partial charge in [0.05, 0.1) is 12.3 Å². The Hall–Kier alpha value is -2.71. The Kier molecular flexibility index (Phi) is 6.44. The number of hydrogen-bond acceptors (Lipinski definition) is 4. The Morgan fingerprint density at radius 1 is 0.933 bits per heavy atom. The average Bonchev–Trinajstić information content (AvgIpc) is 3.15. The van der Waals surface area contributed by atoms with Crippen molar-refractivity contribution in [3.05, 3.63) is 88.9 Å². The van der Waals surface area contributed by atoms with Crippen molar-refractivity contribution in [3.63, 3.8) is 0 Å². The quantitative estimate of drug-likeness (QED) is 0.231. The molecule has 0 N–H and O–H groups in total. The lowest BCUT2D eigenvalue weighted by Gasteiger charge is -2.12. The van der Waals surface area contributed by atoms with Gasteiger partial charge in [0, 0.05) is 21.9 Å². The predicted molar refractivity (Wildman–Crippen MR) is 117 cm³/mol. The monoisotopic (exact) mass is 487 g/mol. The molecule has 0 amide bonds. The van der Waals surface area contributed by atoms with Crippen LogP contribution in [0.5, 0.6) is 5.75 Å². The van der Waals surface area contributed by atoms with Gasteiger partial charge in [-0.15, -0.1) is 10.2 Å². The second-order valence-corrected chi connectivity index (χ2v) is 8.24. The van der Waals surface area contributed by atoms with Gasteiger partial charge in [-0.05, 0) is 30.3 Å². The molecule has 3 aromatic carbocycles. The van der Waals surface area contributed by atoms with Crippen molar-refractivity contribution in [2.45, 2.75) is 5.16 Å². The van der Waals surface area contributed by atoms with Crippen molar-refractivity contribution in [3.8, 4) is 22.8 Å². The molecule has 0 spiro atoms. The molecule has 152 valence electrons. The second kappa shape index (κ2) is 9.40. The number of ether oxygens (including phenoxy) is 1. The topological polar surface area (TPSA) is 39.9 Å². The van der Waals surface area contributed by atoms with Gasteiger partial charge < -0.3 is 4.74 Å². The van der Waals surface area contributed by atoms with Crippen LogP contribution in [0.2, 0.25) is 0 Å². The first-order valence-corrected chi connectivity index (χ1v) is 10.9. The van der Waals surface area contributed by atoms with Gasteiger partial charge in [-0.25, -0.2) is 8.78 Å². The Labute approximate surface area is 185 Å². The van der Waals surface area contributed by atoms with Gasteiger partial charge in [-0.1, -0.05) is 64.1 Å². The lowest BCUT2D eigenvalue weighted by atomic mass is 10.2. The summed E-state index contributed by atoms with van der Waals surface area (Å²) in [5.74, 6) is 0.487. The van der Waals surface area contributed by atoms with Crippen LogP contribution >= 0.6 is 27.7 Å². The Bertz CT molecular complexity index is 1150. The summed E-state index contributed by atoms with van der Waals surface area (Å²) >= 11 is 4.80. The minimum atomic E-state index is -0.681. The van der Waals surface area contributed by atoms with E-state index < -0.39 is 11.6 Å². The highest BCUT2D eigenvalue weighted by atomic mass is 79.9. The minimum absolute atomic E-state index is 0.190. The maximum atomic E-state index is 14.6. The summed E-state index contributed by atoms with van der Waals surface area (Å²) in [7, 11) is 0. The lowest BCUT2D eigenvalue weighted by Crippen LogP contribution is -2.05. The number of aromatic nitrogens is 3. The van der Waals surface area contributed by atoms with E-state index in [2.05, 4.69) is 26.1 Å². The highest BCUT2D eigenvalue weighted by Crippen LogP contribution is 2.29. The molecular formula is C22H16BrF2N3OS. The van der Waals surface area contributed by atoms with Crippen molar-refractivity contribution >= 4 is 27.7 Å². The van der Waals surface area contributed by atoms with Crippen LogP contribution in [0.1, 0.15) is 0 Å². The van der Waals surface area contributed by atoms with Gasteiger partial charge in [0.15, 0.2) is 11.0 Å². The molecule has 0 radical (unpaired) electrons. The molecular weight excluding hydrogens is 472 g/mol. The zero-order valence-electron chi connectivity index (χ0n) is 15.6. The molecule has 30 heavy (non-hydrogen) atoms. The van der Waals surface area contributed by atoms with E-state index in [0.29, 0.717) is 23.3 Å². The van der Waals surface area contributed by atoms with Crippen LogP contribution in [0.15, 0.2) is 82.4 Å². The largest absolute Gasteiger partial charge is 0.493 e. The summed E-state index contributed by atoms with van der Waals surface area (Å²) in [6, 6.07) is 20.4. The minimum Gasteiger partial charge on any atom is -0.493 e. The molecule has 0 fully saturated rings. The summed E-state index contributed by atoms with van der Waals surface area (Å²) in [5, 5.41) is 9.00. The van der Waals surface area contributed by atoms with Crippen LogP contribution in [-0.2, 0) is 0 Å². The number of halogens is 3. The highest BCUT2D eigenvalue weighted by Gasteiger charge is 2.19. The van der Waals surface area contributed by atoms with E-state index in [1.165, 1.54) is 23.9 Å². The van der Waals surface area contributed by atoms with Gasteiger partial charge in [0.25, 0.3) is 0 Å². The third-order valence-corrected chi connectivity index (χ3v) is 5.58. The number of rotatable bonds is 7. The highest BCUT2D eigenvalue weighted by molar-refractivity contribution is 9.10. The van der Waals surface area contributed by atoms with E-state index in [0.717, 1.165) is 21.9 Å². The van der Waals surface area contributed by atoms with E-state index in [-0.39, 0.29) is 5.69 Å². The number of thioether (sulfide) groups is 1. The molecule has 0 bridgehead atoms. The van der Waals surface area contributed by atoms with Crippen molar-refractivity contribution < 1.29 is 13.5 Å². The normalized spacial score (nSPS) is 10.9. The van der Waals surface area contributed by atoms with Crippen LogP contribution in [0.3, 0.4) is 0 Å². The second-order valence-electron chi connectivity index (χ2n) is 6.26. The summed E-state index contributed by atoms with van der Waals surface area (Å²) in [6.45, 7) is 0.431. The molecule has 0 atom stereocenters. The van der Waals surface area contributed by atoms with Gasteiger partial charge in [0.2, 0.25) is 0 Å². The summed E-state index contributed by atoms with van der Waals surface area (Å²) < 4.78 is 36.3. The fourth-order valence-corrected chi connectivity index (χ4v) is 4.01. The zero-order valence-corrected chi connectivity index (χ0v) is 18.0. The smallest absolute Gasteiger partial charge is 0.196 e. The van der Waals surface area contributed by atoms with Crippen LogP contribution in [0, 0.1) is 11.6 Å². The molecule has 0 aliphatic heterocycles. The van der Waals surface area contributed by atoms with Gasteiger partial charge in [-0.2, -0.15) is 0 Å². The first kappa shape index (κ1) is 20.6. The van der Waals surface area contributed by atoms with Crippen LogP contribution in [0.25, 0.3) is 17.1 Å². The van der Waals surface area contributed by atoms with Crippen molar-refractivity contribution in [1.29, 1.82) is 0 Å². The van der Waals surface area contributed by atoms with Gasteiger partial charge in [-0.3, -0.25) is 4.57 Å². The molecule has 0 saturated carbocycles. The zero-order chi connectivity index (χ0) is 20.9. The summed E-state index contributed by atoms with van der Waals surface area (Å²) in [5.41, 5.74) is 0.974. The average molecular weight is 488 g/mol. The van der Waals surface area contributed by atoms with Gasteiger partial charge in [0.1, 0.15) is 17.4 Å². The molecule has 4 nitrogen and oxygen atoms in total. The fraction of sp³-hybridized carbons (Fsp3) is 0.0909. The third kappa shape index (κ3) is 4.71. The molecule has 0 unspecified atom stereocenters. The fourth-order valence-electron chi connectivity index (χ4n) is 2.87. The molecule has 4 rings (SSSR count). The lowest BCUT2D eigenvalue weighted by molar-refractivity contribution is 0.343. The number of nitrogens with zero attached hydrogens (tertiary/aromatic N) is 3. The molecule has 4 aromatic rings. The standard InChI is InChI=1S/C22H16BrF2N3OS/c23-16-7-4-8-18(13-16)29-11-12-30-22-27-26-21(15-5-2-1-3-6-15)28(22)20-10-9-17(24)14-19(20)25/h1-10,13-14H,11-12H2. The van der Waals surface area contributed by atoms with E-state index >= 15 is 0 Å². The molecule has 8 heteroatoms. The van der Waals surface area contributed by atoms with Crippen molar-refractivity contribution in [1.82, 2.24) is 14.8 Å². The van der Waals surface area contributed by atoms with E-state index in [4.69, 9.17) is 4.74 Å². The first-order valence-electron chi connectivity index (χ1n) is 9.09. The Balaban J connectivity index is 1.59. The summed E-state index contributed by atoms with van der Waals surface area (Å²) in [6.07, 6.45) is 0. The van der Waals surface area contributed by atoms with Crippen LogP contribution in [0.4, 0.5) is 8.78 Å². The molecule has 0 aliphatic rings. The van der Waals surface area contributed by atoms with E-state index in [9.17, 15) is 8.78 Å². The van der Waals surface area contributed by atoms with Crippen LogP contribution < -0.4 is 4.74 Å². The SMILES string of the molecule is Fc1ccc(-n2c(SCCOc3cccc(Br)c3)nnc2-c2ccccc2)c(F)c1. The maximum absolute atomic E-state index is 14.6. The molecule has 1 heterocycles. The van der Waals surface area contributed by atoms with E-state index in [1.54, 1.807) is 4.57 Å². The Morgan fingerprint density at radius 2 is 1.77 bits per heavy atom. The first-order chi connectivity index (χ1) is 14.6. The van der Waals surface area contributed by atoms with Crippen LogP contribution in [-0.4, -0.2) is 27.1 Å². The molecule has 0 aliphatic carbocycles. The number of hydrogen-bond donors (Lipinski definition) is 0. The third-order valence-electron chi connectivity index (χ3n) is 4.20. The Morgan fingerprint density at radius 3 is 2.53 bits per heavy atom. The van der Waals surface area contributed by atoms with E-state index in [1.807, 2.05) is 54.6 Å². The van der Waals surface area contributed by atoms with Crippen molar-refractivity contribution in [2.24, 2.45) is 0 Å². The molecule has 1 aromatic heterocycles. The number of benzene rings is 3. The van der Waals surface area contributed by atoms with Crippen molar-refractivity contribution in [2.75, 3.05) is 12.4 Å². The molecule has 0 saturated heterocycles. The maximum Gasteiger partial charge on any atom is 0.196 e. The summed E-state index contributed by atoms with van der Waals surface area (Å²) in [4.78, 5) is 0. The predicted octanol–water partition coefficient (Wildman–Crippen LogP) is 6.15. The van der Waals surface area contributed by atoms with Gasteiger partial charge >= 0.3 is 0 Å².